The lowest BCUT2D eigenvalue weighted by atomic mass is 9.98. The predicted molar refractivity (Wildman–Crippen MR) is 82.5 cm³/mol. The first kappa shape index (κ1) is 15.7. The fourth-order valence-electron chi connectivity index (χ4n) is 2.87. The van der Waals surface area contributed by atoms with Gasteiger partial charge in [0, 0.05) is 42.3 Å². The monoisotopic (exact) mass is 298 g/mol. The minimum absolute atomic E-state index is 0.202. The van der Waals surface area contributed by atoms with Crippen molar-refractivity contribution in [2.24, 2.45) is 5.92 Å². The molecule has 20 heavy (non-hydrogen) atoms. The van der Waals surface area contributed by atoms with Gasteiger partial charge in [0.05, 0.1) is 0 Å². The summed E-state index contributed by atoms with van der Waals surface area (Å²) in [6.07, 6.45) is 1.13. The third-order valence-electron chi connectivity index (χ3n) is 3.86. The minimum Gasteiger partial charge on any atom is -0.311 e. The van der Waals surface area contributed by atoms with Crippen molar-refractivity contribution in [2.45, 2.75) is 45.8 Å². The Labute approximate surface area is 126 Å². The Morgan fingerprint density at radius 2 is 2.20 bits per heavy atom. The summed E-state index contributed by atoms with van der Waals surface area (Å²) in [5.74, 6) is 0.444. The Kier molecular flexibility index (Phi) is 5.42. The molecule has 0 amide bonds. The van der Waals surface area contributed by atoms with Crippen LogP contribution in [0, 0.1) is 11.7 Å². The van der Waals surface area contributed by atoms with E-state index in [-0.39, 0.29) is 5.82 Å². The van der Waals surface area contributed by atoms with Gasteiger partial charge >= 0.3 is 0 Å². The highest BCUT2D eigenvalue weighted by Gasteiger charge is 2.26. The van der Waals surface area contributed by atoms with Crippen molar-refractivity contribution in [1.82, 2.24) is 10.2 Å². The van der Waals surface area contributed by atoms with E-state index in [1.54, 1.807) is 12.1 Å². The molecule has 0 bridgehead atoms. The van der Waals surface area contributed by atoms with Gasteiger partial charge in [-0.1, -0.05) is 31.5 Å². The van der Waals surface area contributed by atoms with Crippen LogP contribution in [0.2, 0.25) is 5.02 Å². The van der Waals surface area contributed by atoms with Crippen LogP contribution in [0.1, 0.15) is 32.8 Å². The van der Waals surface area contributed by atoms with Gasteiger partial charge in [0.1, 0.15) is 5.82 Å². The summed E-state index contributed by atoms with van der Waals surface area (Å²) in [5, 5.41) is 3.98. The molecule has 1 aromatic carbocycles. The van der Waals surface area contributed by atoms with Gasteiger partial charge in [-0.05, 0) is 31.4 Å². The molecule has 1 N–H and O–H groups in total. The molecule has 0 radical (unpaired) electrons. The largest absolute Gasteiger partial charge is 0.311 e. The molecular formula is C16H24ClFN2. The van der Waals surface area contributed by atoms with Gasteiger partial charge in [0.25, 0.3) is 0 Å². The van der Waals surface area contributed by atoms with Crippen LogP contribution in [-0.4, -0.2) is 30.1 Å². The summed E-state index contributed by atoms with van der Waals surface area (Å²) < 4.78 is 14.0. The van der Waals surface area contributed by atoms with Gasteiger partial charge in [0.2, 0.25) is 0 Å². The quantitative estimate of drug-likeness (QED) is 0.912. The first-order valence-electron chi connectivity index (χ1n) is 7.37. The molecule has 2 nitrogen and oxygen atoms in total. The first-order chi connectivity index (χ1) is 9.45. The van der Waals surface area contributed by atoms with Crippen molar-refractivity contribution in [3.8, 4) is 0 Å². The second kappa shape index (κ2) is 6.88. The number of benzene rings is 1. The number of nitrogens with zero attached hydrogens (tertiary/aromatic N) is 1. The molecule has 1 aliphatic heterocycles. The lowest BCUT2D eigenvalue weighted by molar-refractivity contribution is 0.110. The van der Waals surface area contributed by atoms with Crippen molar-refractivity contribution in [3.63, 3.8) is 0 Å². The maximum Gasteiger partial charge on any atom is 0.129 e. The minimum atomic E-state index is -0.202. The first-order valence-corrected chi connectivity index (χ1v) is 7.75. The Balaban J connectivity index is 2.10. The molecule has 1 aromatic rings. The standard InChI is InChI=1S/C16H24ClFN2/c1-11(2)6-15-8-19-12(3)9-20(15)10-13-4-5-14(17)7-16(13)18/h4-5,7,11-12,15,19H,6,8-10H2,1-3H3. The Bertz CT molecular complexity index is 450. The third kappa shape index (κ3) is 4.18. The van der Waals surface area contributed by atoms with E-state index in [0.29, 0.717) is 29.6 Å². The number of hydrogen-bond donors (Lipinski definition) is 1. The van der Waals surface area contributed by atoms with Crippen molar-refractivity contribution in [1.29, 1.82) is 0 Å². The highest BCUT2D eigenvalue weighted by atomic mass is 35.5. The van der Waals surface area contributed by atoms with E-state index in [1.807, 2.05) is 0 Å². The fraction of sp³-hybridized carbons (Fsp3) is 0.625. The second-order valence-corrected chi connectivity index (χ2v) is 6.69. The van der Waals surface area contributed by atoms with Crippen molar-refractivity contribution >= 4 is 11.6 Å². The molecule has 1 heterocycles. The molecule has 4 heteroatoms. The summed E-state index contributed by atoms with van der Waals surface area (Å²) >= 11 is 5.82. The molecule has 0 aromatic heterocycles. The molecule has 1 saturated heterocycles. The number of piperazine rings is 1. The van der Waals surface area contributed by atoms with E-state index in [0.717, 1.165) is 25.1 Å². The van der Waals surface area contributed by atoms with E-state index in [9.17, 15) is 4.39 Å². The summed E-state index contributed by atoms with van der Waals surface area (Å²) in [6.45, 7) is 9.25. The van der Waals surface area contributed by atoms with E-state index in [2.05, 4.69) is 31.0 Å². The van der Waals surface area contributed by atoms with E-state index in [4.69, 9.17) is 11.6 Å². The van der Waals surface area contributed by atoms with Crippen LogP contribution in [0.25, 0.3) is 0 Å². The molecule has 2 rings (SSSR count). The van der Waals surface area contributed by atoms with Crippen LogP contribution in [0.3, 0.4) is 0 Å². The Hall–Kier alpha value is -0.640. The Morgan fingerprint density at radius 3 is 2.85 bits per heavy atom. The van der Waals surface area contributed by atoms with Crippen LogP contribution >= 0.6 is 11.6 Å². The summed E-state index contributed by atoms with van der Waals surface area (Å²) in [6, 6.07) is 5.90. The molecule has 1 fully saturated rings. The van der Waals surface area contributed by atoms with E-state index in [1.165, 1.54) is 6.07 Å². The van der Waals surface area contributed by atoms with Gasteiger partial charge in [0.15, 0.2) is 0 Å². The molecule has 0 spiro atoms. The molecular weight excluding hydrogens is 275 g/mol. The zero-order valence-corrected chi connectivity index (χ0v) is 13.3. The summed E-state index contributed by atoms with van der Waals surface area (Å²) in [4.78, 5) is 2.40. The zero-order chi connectivity index (χ0) is 14.7. The normalized spacial score (nSPS) is 24.3. The highest BCUT2D eigenvalue weighted by molar-refractivity contribution is 6.30. The van der Waals surface area contributed by atoms with Crippen LogP contribution < -0.4 is 5.32 Å². The average Bonchev–Trinajstić information content (AvgIpc) is 2.35. The lowest BCUT2D eigenvalue weighted by Gasteiger charge is -2.40. The van der Waals surface area contributed by atoms with Gasteiger partial charge in [-0.25, -0.2) is 4.39 Å². The molecule has 2 unspecified atom stereocenters. The van der Waals surface area contributed by atoms with Crippen LogP contribution in [0.5, 0.6) is 0 Å². The van der Waals surface area contributed by atoms with Crippen molar-refractivity contribution < 1.29 is 4.39 Å². The van der Waals surface area contributed by atoms with Crippen molar-refractivity contribution in [2.75, 3.05) is 13.1 Å². The molecule has 112 valence electrons. The Morgan fingerprint density at radius 1 is 1.45 bits per heavy atom. The lowest BCUT2D eigenvalue weighted by Crippen LogP contribution is -2.55. The van der Waals surface area contributed by atoms with Crippen LogP contribution in [-0.2, 0) is 6.54 Å². The summed E-state index contributed by atoms with van der Waals surface area (Å²) in [5.41, 5.74) is 0.734. The maximum atomic E-state index is 14.0. The molecule has 0 saturated carbocycles. The van der Waals surface area contributed by atoms with Gasteiger partial charge in [-0.15, -0.1) is 0 Å². The second-order valence-electron chi connectivity index (χ2n) is 6.26. The SMILES string of the molecule is CC(C)CC1CNC(C)CN1Cc1ccc(Cl)cc1F. The van der Waals surface area contributed by atoms with E-state index >= 15 is 0 Å². The van der Waals surface area contributed by atoms with Gasteiger partial charge in [-0.3, -0.25) is 4.90 Å². The zero-order valence-electron chi connectivity index (χ0n) is 12.5. The number of rotatable bonds is 4. The third-order valence-corrected chi connectivity index (χ3v) is 4.09. The van der Waals surface area contributed by atoms with Gasteiger partial charge < -0.3 is 5.32 Å². The molecule has 2 atom stereocenters. The highest BCUT2D eigenvalue weighted by Crippen LogP contribution is 2.21. The summed E-state index contributed by atoms with van der Waals surface area (Å²) in [7, 11) is 0. The maximum absolute atomic E-state index is 14.0. The van der Waals surface area contributed by atoms with Gasteiger partial charge in [-0.2, -0.15) is 0 Å². The smallest absolute Gasteiger partial charge is 0.129 e. The number of nitrogens with one attached hydrogen (secondary N) is 1. The molecule has 1 aliphatic rings. The molecule has 0 aliphatic carbocycles. The van der Waals surface area contributed by atoms with Crippen LogP contribution in [0.15, 0.2) is 18.2 Å². The predicted octanol–water partition coefficient (Wildman–Crippen LogP) is 3.69. The van der Waals surface area contributed by atoms with Crippen molar-refractivity contribution in [3.05, 3.63) is 34.6 Å². The average molecular weight is 299 g/mol. The number of hydrogen-bond acceptors (Lipinski definition) is 2. The van der Waals surface area contributed by atoms with E-state index < -0.39 is 0 Å². The fourth-order valence-corrected chi connectivity index (χ4v) is 3.03. The number of halogens is 2. The topological polar surface area (TPSA) is 15.3 Å². The van der Waals surface area contributed by atoms with Crippen LogP contribution in [0.4, 0.5) is 4.39 Å².